The number of nitrogens with one attached hydrogen (secondary N) is 1. The number of hydrogen-bond acceptors (Lipinski definition) is 3. The van der Waals surface area contributed by atoms with Crippen molar-refractivity contribution >= 4 is 29.0 Å². The van der Waals surface area contributed by atoms with Crippen LogP contribution in [0.5, 0.6) is 0 Å². The summed E-state index contributed by atoms with van der Waals surface area (Å²) in [5.41, 5.74) is 3.41. The quantitative estimate of drug-likeness (QED) is 0.639. The van der Waals surface area contributed by atoms with Gasteiger partial charge >= 0.3 is 0 Å². The maximum absolute atomic E-state index is 13.1. The van der Waals surface area contributed by atoms with E-state index in [4.69, 9.17) is 0 Å². The third kappa shape index (κ3) is 4.75. The highest BCUT2D eigenvalue weighted by Crippen LogP contribution is 2.35. The van der Waals surface area contributed by atoms with E-state index in [1.54, 1.807) is 11.3 Å². The number of benzene rings is 1. The van der Waals surface area contributed by atoms with E-state index in [2.05, 4.69) is 28.9 Å². The molecule has 0 spiro atoms. The number of nitrogens with zero attached hydrogens (tertiary/aromatic N) is 1. The molecule has 2 fully saturated rings. The Hall–Kier alpha value is -2.07. The van der Waals surface area contributed by atoms with E-state index in [-0.39, 0.29) is 5.91 Å². The van der Waals surface area contributed by atoms with Crippen molar-refractivity contribution in [1.82, 2.24) is 4.90 Å². The van der Waals surface area contributed by atoms with Crippen LogP contribution >= 0.6 is 11.3 Å². The summed E-state index contributed by atoms with van der Waals surface area (Å²) in [6, 6.07) is 10.8. The molecule has 5 rings (SSSR count). The summed E-state index contributed by atoms with van der Waals surface area (Å²) in [7, 11) is 0. The lowest BCUT2D eigenvalue weighted by molar-refractivity contribution is 0.0479. The molecule has 29 heavy (non-hydrogen) atoms. The second-order valence-electron chi connectivity index (χ2n) is 8.37. The Morgan fingerprint density at radius 3 is 2.79 bits per heavy atom. The molecule has 3 aliphatic rings. The lowest BCUT2D eigenvalue weighted by Gasteiger charge is -2.41. The molecule has 4 heteroatoms. The monoisotopic (exact) mass is 408 g/mol. The number of amides is 1. The van der Waals surface area contributed by atoms with Gasteiger partial charge in [-0.1, -0.05) is 38.0 Å². The molecular formula is C25H32N2OS. The van der Waals surface area contributed by atoms with Crippen molar-refractivity contribution in [2.45, 2.75) is 57.4 Å². The Bertz CT molecular complexity index is 829. The first-order chi connectivity index (χ1) is 14.3. The topological polar surface area (TPSA) is 32.3 Å². The number of carbonyl (C=O) groups excluding carboxylic acids is 1. The van der Waals surface area contributed by atoms with E-state index < -0.39 is 0 Å². The van der Waals surface area contributed by atoms with Crippen LogP contribution < -0.4 is 5.32 Å². The summed E-state index contributed by atoms with van der Waals surface area (Å²) in [6.45, 7) is 5.57. The van der Waals surface area contributed by atoms with Crippen molar-refractivity contribution in [3.05, 3.63) is 58.3 Å². The maximum Gasteiger partial charge on any atom is 0.254 e. The molecule has 154 valence electrons. The van der Waals surface area contributed by atoms with Gasteiger partial charge in [-0.25, -0.2) is 0 Å². The van der Waals surface area contributed by atoms with Gasteiger partial charge < -0.3 is 10.2 Å². The normalized spacial score (nSPS) is 23.0. The van der Waals surface area contributed by atoms with E-state index in [0.717, 1.165) is 31.0 Å². The fourth-order valence-corrected chi connectivity index (χ4v) is 5.63. The Kier molecular flexibility index (Phi) is 6.70. The summed E-state index contributed by atoms with van der Waals surface area (Å²) in [4.78, 5) is 16.5. The van der Waals surface area contributed by atoms with Crippen molar-refractivity contribution in [1.29, 1.82) is 0 Å². The number of hydrogen-bond donors (Lipinski definition) is 1. The molecule has 1 aliphatic carbocycles. The predicted octanol–water partition coefficient (Wildman–Crippen LogP) is 6.23. The van der Waals surface area contributed by atoms with Crippen molar-refractivity contribution in [2.75, 3.05) is 18.4 Å². The summed E-state index contributed by atoms with van der Waals surface area (Å²) in [6.07, 6.45) is 11.9. The molecule has 1 aromatic carbocycles. The molecule has 1 amide bonds. The van der Waals surface area contributed by atoms with Gasteiger partial charge in [-0.2, -0.15) is 0 Å². The average Bonchev–Trinajstić information content (AvgIpc) is 3.40. The Labute approximate surface area is 178 Å². The van der Waals surface area contributed by atoms with Crippen molar-refractivity contribution in [3.63, 3.8) is 0 Å². The molecule has 1 unspecified atom stereocenters. The molecule has 0 radical (unpaired) electrons. The summed E-state index contributed by atoms with van der Waals surface area (Å²) in [5.74, 6) is 1.02. The van der Waals surface area contributed by atoms with E-state index in [9.17, 15) is 4.79 Å². The fraction of sp³-hybridized carbons (Fsp3) is 0.480. The number of carbonyl (C=O) groups is 1. The zero-order valence-electron chi connectivity index (χ0n) is 17.2. The number of thiophene rings is 1. The van der Waals surface area contributed by atoms with E-state index in [1.807, 2.05) is 29.7 Å². The van der Waals surface area contributed by atoms with Gasteiger partial charge in [0.05, 0.1) is 0 Å². The summed E-state index contributed by atoms with van der Waals surface area (Å²) >= 11 is 1.70. The molecule has 1 aromatic heterocycles. The zero-order chi connectivity index (χ0) is 20.1. The first-order valence-electron chi connectivity index (χ1n) is 11.1. The van der Waals surface area contributed by atoms with Crippen molar-refractivity contribution in [3.8, 4) is 0 Å². The Balaban J connectivity index is 0.000000249. The number of piperidine rings is 1. The minimum Gasteiger partial charge on any atom is -0.384 e. The first kappa shape index (κ1) is 20.2. The fourth-order valence-electron chi connectivity index (χ4n) is 5.06. The summed E-state index contributed by atoms with van der Waals surface area (Å²) < 4.78 is 0. The van der Waals surface area contributed by atoms with Gasteiger partial charge in [0, 0.05) is 35.3 Å². The van der Waals surface area contributed by atoms with Gasteiger partial charge in [-0.3, -0.25) is 4.79 Å². The highest BCUT2D eigenvalue weighted by atomic mass is 32.1. The molecule has 0 bridgehead atoms. The van der Waals surface area contributed by atoms with Crippen molar-refractivity contribution < 1.29 is 4.79 Å². The molecule has 1 N–H and O–H groups in total. The van der Waals surface area contributed by atoms with E-state index >= 15 is 0 Å². The lowest BCUT2D eigenvalue weighted by Crippen LogP contribution is -2.48. The van der Waals surface area contributed by atoms with Gasteiger partial charge in [0.15, 0.2) is 0 Å². The SMILES string of the molecule is C=Cc1cccs1.O=C(c1ccc2c(c1)CCN2)N1CCC[C@H]2CCCCCC21. The highest BCUT2D eigenvalue weighted by Gasteiger charge is 2.35. The highest BCUT2D eigenvalue weighted by molar-refractivity contribution is 7.10. The van der Waals surface area contributed by atoms with Crippen LogP contribution in [0.3, 0.4) is 0 Å². The number of likely N-dealkylation sites (tertiary alicyclic amines) is 1. The standard InChI is InChI=1S/C19H26N2O.C6H6S/c22-19(16-8-9-17-15(13-16)10-11-20-17)21-12-4-6-14-5-2-1-3-7-18(14)21;1-2-6-4-3-5-7-6/h8-9,13-14,18,20H,1-7,10-12H2;2-5H,1H2/t14-,18?;/m1./s1. The van der Waals surface area contributed by atoms with Crippen LogP contribution in [-0.4, -0.2) is 29.9 Å². The van der Waals surface area contributed by atoms with Crippen molar-refractivity contribution in [2.24, 2.45) is 5.92 Å². The smallest absolute Gasteiger partial charge is 0.254 e. The van der Waals surface area contributed by atoms with Crippen LogP contribution in [0.4, 0.5) is 5.69 Å². The van der Waals surface area contributed by atoms with Gasteiger partial charge in [-0.15, -0.1) is 11.3 Å². The second kappa shape index (κ2) is 9.62. The van der Waals surface area contributed by atoms with Crippen LogP contribution in [0.15, 0.2) is 42.3 Å². The molecular weight excluding hydrogens is 376 g/mol. The molecule has 2 atom stereocenters. The van der Waals surface area contributed by atoms with Crippen LogP contribution in [0.1, 0.15) is 65.7 Å². The van der Waals surface area contributed by atoms with Gasteiger partial charge in [0.1, 0.15) is 0 Å². The van der Waals surface area contributed by atoms with Crippen LogP contribution in [0.25, 0.3) is 6.08 Å². The molecule has 3 nitrogen and oxygen atoms in total. The van der Waals surface area contributed by atoms with E-state index in [1.165, 1.54) is 61.1 Å². The van der Waals surface area contributed by atoms with Gasteiger partial charge in [-0.05, 0) is 73.2 Å². The minimum atomic E-state index is 0.270. The minimum absolute atomic E-state index is 0.270. The number of rotatable bonds is 2. The van der Waals surface area contributed by atoms with Gasteiger partial charge in [0.25, 0.3) is 5.91 Å². The van der Waals surface area contributed by atoms with Crippen LogP contribution in [-0.2, 0) is 6.42 Å². The third-order valence-corrected chi connectivity index (χ3v) is 7.43. The molecule has 2 aromatic rings. The largest absolute Gasteiger partial charge is 0.384 e. The molecule has 2 aliphatic heterocycles. The first-order valence-corrected chi connectivity index (χ1v) is 12.0. The summed E-state index contributed by atoms with van der Waals surface area (Å²) in [5, 5.41) is 5.41. The Morgan fingerprint density at radius 1 is 1.14 bits per heavy atom. The Morgan fingerprint density at radius 2 is 2.00 bits per heavy atom. The zero-order valence-corrected chi connectivity index (χ0v) is 18.1. The molecule has 1 saturated carbocycles. The van der Waals surface area contributed by atoms with Crippen LogP contribution in [0.2, 0.25) is 0 Å². The van der Waals surface area contributed by atoms with Crippen LogP contribution in [0, 0.1) is 5.92 Å². The number of anilines is 1. The lowest BCUT2D eigenvalue weighted by atomic mass is 9.85. The van der Waals surface area contributed by atoms with E-state index in [0.29, 0.717) is 6.04 Å². The van der Waals surface area contributed by atoms with Gasteiger partial charge in [0.2, 0.25) is 0 Å². The average molecular weight is 409 g/mol. The molecule has 1 saturated heterocycles. The second-order valence-corrected chi connectivity index (χ2v) is 9.35. The molecule has 3 heterocycles. The third-order valence-electron chi connectivity index (χ3n) is 6.56. The number of fused-ring (bicyclic) bond motifs is 2. The predicted molar refractivity (Wildman–Crippen MR) is 124 cm³/mol. The maximum atomic E-state index is 13.1.